The van der Waals surface area contributed by atoms with E-state index in [0.29, 0.717) is 23.1 Å². The van der Waals surface area contributed by atoms with Crippen LogP contribution in [0.4, 0.5) is 11.5 Å². The lowest BCUT2D eigenvalue weighted by Crippen LogP contribution is -1.99. The van der Waals surface area contributed by atoms with Crippen LogP contribution in [-0.2, 0) is 0 Å². The predicted octanol–water partition coefficient (Wildman–Crippen LogP) is 2.90. The molecule has 0 saturated carbocycles. The Morgan fingerprint density at radius 2 is 2.09 bits per heavy atom. The van der Waals surface area contributed by atoms with E-state index in [-0.39, 0.29) is 0 Å². The minimum absolute atomic E-state index is 0.381. The molecule has 0 atom stereocenters. The molecule has 112 valence electrons. The second-order valence-electron chi connectivity index (χ2n) is 4.74. The number of benzene rings is 1. The summed E-state index contributed by atoms with van der Waals surface area (Å²) in [6.45, 7) is 3.75. The van der Waals surface area contributed by atoms with Gasteiger partial charge in [-0.05, 0) is 37.6 Å². The number of hydrogen-bond donors (Lipinski definition) is 1. The second-order valence-corrected chi connectivity index (χ2v) is 4.74. The number of ether oxygens (including phenoxy) is 1. The van der Waals surface area contributed by atoms with Crippen molar-refractivity contribution in [2.75, 3.05) is 12.4 Å². The summed E-state index contributed by atoms with van der Waals surface area (Å²) in [4.78, 5) is 12.5. The van der Waals surface area contributed by atoms with Gasteiger partial charge in [0.15, 0.2) is 5.82 Å². The highest BCUT2D eigenvalue weighted by Crippen LogP contribution is 2.29. The van der Waals surface area contributed by atoms with E-state index in [1.165, 1.54) is 6.33 Å². The third kappa shape index (κ3) is 2.73. The number of anilines is 2. The van der Waals surface area contributed by atoms with Crippen LogP contribution in [0.3, 0.4) is 0 Å². The molecule has 0 unspecified atom stereocenters. The molecule has 7 heteroatoms. The molecule has 0 aliphatic rings. The molecule has 0 amide bonds. The molecule has 0 spiro atoms. The summed E-state index contributed by atoms with van der Waals surface area (Å²) in [6.07, 6.45) is 3.11. The van der Waals surface area contributed by atoms with Gasteiger partial charge in [-0.2, -0.15) is 4.98 Å². The van der Waals surface area contributed by atoms with Crippen LogP contribution in [0.15, 0.2) is 35.2 Å². The second kappa shape index (κ2) is 5.80. The van der Waals surface area contributed by atoms with E-state index in [4.69, 9.17) is 9.26 Å². The van der Waals surface area contributed by atoms with Gasteiger partial charge in [-0.1, -0.05) is 5.16 Å². The predicted molar refractivity (Wildman–Crippen MR) is 81.1 cm³/mol. The van der Waals surface area contributed by atoms with Crippen molar-refractivity contribution in [1.29, 1.82) is 0 Å². The van der Waals surface area contributed by atoms with Gasteiger partial charge in [0.25, 0.3) is 5.89 Å². The van der Waals surface area contributed by atoms with E-state index in [1.54, 1.807) is 20.2 Å². The van der Waals surface area contributed by atoms with Crippen LogP contribution in [0, 0.1) is 13.8 Å². The summed E-state index contributed by atoms with van der Waals surface area (Å²) in [5.74, 6) is 2.35. The zero-order valence-corrected chi connectivity index (χ0v) is 12.5. The Balaban J connectivity index is 1.96. The molecule has 22 heavy (non-hydrogen) atoms. The Bertz CT molecular complexity index is 800. The van der Waals surface area contributed by atoms with Crippen molar-refractivity contribution < 1.29 is 9.26 Å². The average molecular weight is 297 g/mol. The van der Waals surface area contributed by atoms with E-state index >= 15 is 0 Å². The molecule has 0 bridgehead atoms. The summed E-state index contributed by atoms with van der Waals surface area (Å²) in [7, 11) is 1.64. The molecule has 0 aliphatic heterocycles. The topological polar surface area (TPSA) is 86.0 Å². The molecule has 0 aliphatic carbocycles. The van der Waals surface area contributed by atoms with Gasteiger partial charge in [-0.15, -0.1) is 0 Å². The van der Waals surface area contributed by atoms with E-state index in [1.807, 2.05) is 25.1 Å². The zero-order chi connectivity index (χ0) is 15.5. The van der Waals surface area contributed by atoms with Crippen LogP contribution in [0.2, 0.25) is 0 Å². The molecular weight excluding hydrogens is 282 g/mol. The van der Waals surface area contributed by atoms with Gasteiger partial charge in [0.05, 0.1) is 7.11 Å². The SMILES string of the molecule is COc1ccc(Nc2ncncc2-c2nc(C)no2)c(C)c1. The third-order valence-electron chi connectivity index (χ3n) is 3.16. The first-order valence-electron chi connectivity index (χ1n) is 6.69. The van der Waals surface area contributed by atoms with E-state index in [9.17, 15) is 0 Å². The van der Waals surface area contributed by atoms with E-state index in [2.05, 4.69) is 25.4 Å². The van der Waals surface area contributed by atoms with Gasteiger partial charge in [0.1, 0.15) is 23.5 Å². The largest absolute Gasteiger partial charge is 0.497 e. The molecule has 0 fully saturated rings. The lowest BCUT2D eigenvalue weighted by molar-refractivity contribution is 0.414. The maximum absolute atomic E-state index is 5.21. The highest BCUT2D eigenvalue weighted by Gasteiger charge is 2.14. The van der Waals surface area contributed by atoms with Crippen LogP contribution >= 0.6 is 0 Å². The fourth-order valence-corrected chi connectivity index (χ4v) is 2.02. The molecule has 1 N–H and O–H groups in total. The summed E-state index contributed by atoms with van der Waals surface area (Å²) in [5.41, 5.74) is 2.60. The van der Waals surface area contributed by atoms with Gasteiger partial charge < -0.3 is 14.6 Å². The monoisotopic (exact) mass is 297 g/mol. The van der Waals surface area contributed by atoms with Crippen molar-refractivity contribution in [2.24, 2.45) is 0 Å². The molecule has 1 aromatic carbocycles. The van der Waals surface area contributed by atoms with Gasteiger partial charge in [0, 0.05) is 11.9 Å². The molecule has 7 nitrogen and oxygen atoms in total. The standard InChI is InChI=1S/C15H15N5O2/c1-9-6-11(21-3)4-5-13(9)19-14-12(7-16-8-17-14)15-18-10(2)20-22-15/h4-8H,1-3H3,(H,16,17,19). The number of rotatable bonds is 4. The lowest BCUT2D eigenvalue weighted by atomic mass is 10.2. The number of nitrogens with one attached hydrogen (secondary N) is 1. The number of aromatic nitrogens is 4. The first-order chi connectivity index (χ1) is 10.7. The smallest absolute Gasteiger partial charge is 0.263 e. The Morgan fingerprint density at radius 3 is 2.77 bits per heavy atom. The first-order valence-corrected chi connectivity index (χ1v) is 6.69. The first kappa shape index (κ1) is 14.0. The average Bonchev–Trinajstić information content (AvgIpc) is 2.96. The lowest BCUT2D eigenvalue weighted by Gasteiger charge is -2.11. The number of aryl methyl sites for hydroxylation is 2. The highest BCUT2D eigenvalue weighted by molar-refractivity contribution is 5.74. The highest BCUT2D eigenvalue weighted by atomic mass is 16.5. The van der Waals surface area contributed by atoms with E-state index in [0.717, 1.165) is 17.0 Å². The number of methoxy groups -OCH3 is 1. The van der Waals surface area contributed by atoms with Gasteiger partial charge in [-0.3, -0.25) is 0 Å². The quantitative estimate of drug-likeness (QED) is 0.792. The van der Waals surface area contributed by atoms with Crippen molar-refractivity contribution >= 4 is 11.5 Å². The summed E-state index contributed by atoms with van der Waals surface area (Å²) in [5, 5.41) is 7.06. The van der Waals surface area contributed by atoms with Crippen molar-refractivity contribution in [3.8, 4) is 17.2 Å². The maximum atomic E-state index is 5.21. The fraction of sp³-hybridized carbons (Fsp3) is 0.200. The molecule has 0 radical (unpaired) electrons. The van der Waals surface area contributed by atoms with Crippen LogP contribution in [0.5, 0.6) is 5.75 Å². The zero-order valence-electron chi connectivity index (χ0n) is 12.5. The van der Waals surface area contributed by atoms with Gasteiger partial charge in [-0.25, -0.2) is 9.97 Å². The summed E-state index contributed by atoms with van der Waals surface area (Å²) in [6, 6.07) is 5.76. The maximum Gasteiger partial charge on any atom is 0.263 e. The van der Waals surface area contributed by atoms with Crippen LogP contribution < -0.4 is 10.1 Å². The van der Waals surface area contributed by atoms with Crippen molar-refractivity contribution in [2.45, 2.75) is 13.8 Å². The van der Waals surface area contributed by atoms with Crippen molar-refractivity contribution in [3.05, 3.63) is 42.1 Å². The Labute approximate surface area is 127 Å². The third-order valence-corrected chi connectivity index (χ3v) is 3.16. The molecule has 0 saturated heterocycles. The number of nitrogens with zero attached hydrogens (tertiary/aromatic N) is 4. The van der Waals surface area contributed by atoms with Crippen molar-refractivity contribution in [3.63, 3.8) is 0 Å². The Kier molecular flexibility index (Phi) is 3.69. The Morgan fingerprint density at radius 1 is 1.23 bits per heavy atom. The molecule has 3 aromatic rings. The molecule has 3 rings (SSSR count). The molecule has 2 heterocycles. The summed E-state index contributed by atoms with van der Waals surface area (Å²) >= 11 is 0. The van der Waals surface area contributed by atoms with Crippen LogP contribution in [0.1, 0.15) is 11.4 Å². The minimum atomic E-state index is 0.381. The van der Waals surface area contributed by atoms with E-state index < -0.39 is 0 Å². The van der Waals surface area contributed by atoms with Crippen LogP contribution in [-0.4, -0.2) is 27.2 Å². The van der Waals surface area contributed by atoms with Gasteiger partial charge >= 0.3 is 0 Å². The minimum Gasteiger partial charge on any atom is -0.497 e. The molecule has 2 aromatic heterocycles. The summed E-state index contributed by atoms with van der Waals surface area (Å²) < 4.78 is 10.4. The van der Waals surface area contributed by atoms with Crippen molar-refractivity contribution in [1.82, 2.24) is 20.1 Å². The Hall–Kier alpha value is -2.96. The normalized spacial score (nSPS) is 10.5. The number of hydrogen-bond acceptors (Lipinski definition) is 7. The molecular formula is C15H15N5O2. The fourth-order valence-electron chi connectivity index (χ4n) is 2.02. The van der Waals surface area contributed by atoms with Gasteiger partial charge in [0.2, 0.25) is 0 Å². The van der Waals surface area contributed by atoms with Crippen LogP contribution in [0.25, 0.3) is 11.5 Å².